The van der Waals surface area contributed by atoms with Crippen molar-refractivity contribution < 1.29 is 20.1 Å². The van der Waals surface area contributed by atoms with Crippen molar-refractivity contribution in [3.05, 3.63) is 12.8 Å². The first-order valence-corrected chi connectivity index (χ1v) is 3.80. The first kappa shape index (κ1) is 11.4. The SMILES string of the molecule is C=COCCC(CO)(CO)CO. The van der Waals surface area contributed by atoms with Crippen molar-refractivity contribution in [2.24, 2.45) is 5.41 Å². The predicted octanol–water partition coefficient (Wildman–Crippen LogP) is -0.500. The van der Waals surface area contributed by atoms with E-state index < -0.39 is 5.41 Å². The number of hydrogen-bond acceptors (Lipinski definition) is 4. The van der Waals surface area contributed by atoms with E-state index in [-0.39, 0.29) is 19.8 Å². The Bertz CT molecular complexity index is 112. The Hall–Kier alpha value is -0.580. The summed E-state index contributed by atoms with van der Waals surface area (Å²) in [6.07, 6.45) is 1.69. The zero-order valence-electron chi connectivity index (χ0n) is 7.07. The third-order valence-electron chi connectivity index (χ3n) is 1.87. The first-order valence-electron chi connectivity index (χ1n) is 3.80. The third-order valence-corrected chi connectivity index (χ3v) is 1.87. The van der Waals surface area contributed by atoms with E-state index in [4.69, 9.17) is 20.1 Å². The summed E-state index contributed by atoms with van der Waals surface area (Å²) < 4.78 is 4.83. The fraction of sp³-hybridized carbons (Fsp3) is 0.750. The summed E-state index contributed by atoms with van der Waals surface area (Å²) in [5.74, 6) is 0. The molecule has 0 aromatic heterocycles. The summed E-state index contributed by atoms with van der Waals surface area (Å²) in [6, 6.07) is 0. The zero-order valence-corrected chi connectivity index (χ0v) is 7.07. The molecule has 0 aromatic rings. The molecule has 0 aliphatic carbocycles. The molecular weight excluding hydrogens is 160 g/mol. The van der Waals surface area contributed by atoms with Crippen LogP contribution < -0.4 is 0 Å². The quantitative estimate of drug-likeness (QED) is 0.361. The van der Waals surface area contributed by atoms with Crippen LogP contribution in [-0.2, 0) is 4.74 Å². The van der Waals surface area contributed by atoms with Crippen LogP contribution in [0.15, 0.2) is 12.8 Å². The molecule has 0 unspecified atom stereocenters. The number of ether oxygens (including phenoxy) is 1. The summed E-state index contributed by atoms with van der Waals surface area (Å²) in [4.78, 5) is 0. The van der Waals surface area contributed by atoms with Crippen molar-refractivity contribution in [2.45, 2.75) is 6.42 Å². The van der Waals surface area contributed by atoms with Gasteiger partial charge in [0.1, 0.15) is 0 Å². The van der Waals surface area contributed by atoms with Gasteiger partial charge < -0.3 is 20.1 Å². The van der Waals surface area contributed by atoms with Crippen LogP contribution in [0.2, 0.25) is 0 Å². The van der Waals surface area contributed by atoms with Gasteiger partial charge in [-0.25, -0.2) is 0 Å². The maximum absolute atomic E-state index is 8.87. The van der Waals surface area contributed by atoms with Crippen LogP contribution in [0.5, 0.6) is 0 Å². The minimum absolute atomic E-state index is 0.250. The fourth-order valence-electron chi connectivity index (χ4n) is 0.746. The van der Waals surface area contributed by atoms with E-state index in [0.717, 1.165) is 0 Å². The number of rotatable bonds is 7. The molecule has 4 nitrogen and oxygen atoms in total. The Morgan fingerprint density at radius 2 is 1.67 bits per heavy atom. The van der Waals surface area contributed by atoms with Gasteiger partial charge in [-0.2, -0.15) is 0 Å². The lowest BCUT2D eigenvalue weighted by atomic mass is 9.88. The van der Waals surface area contributed by atoms with Crippen LogP contribution in [0.25, 0.3) is 0 Å². The first-order chi connectivity index (χ1) is 5.74. The van der Waals surface area contributed by atoms with Gasteiger partial charge in [-0.15, -0.1) is 0 Å². The summed E-state index contributed by atoms with van der Waals surface area (Å²) in [7, 11) is 0. The van der Waals surface area contributed by atoms with Crippen LogP contribution in [0.1, 0.15) is 6.42 Å². The van der Waals surface area contributed by atoms with Crippen molar-refractivity contribution in [3.8, 4) is 0 Å². The van der Waals surface area contributed by atoms with Gasteiger partial charge in [0.2, 0.25) is 0 Å². The molecule has 0 amide bonds. The molecule has 0 radical (unpaired) electrons. The highest BCUT2D eigenvalue weighted by molar-refractivity contribution is 4.76. The van der Waals surface area contributed by atoms with Crippen molar-refractivity contribution in [1.82, 2.24) is 0 Å². The summed E-state index contributed by atoms with van der Waals surface area (Å²) in [6.45, 7) is 2.94. The monoisotopic (exact) mass is 176 g/mol. The molecule has 0 saturated carbocycles. The van der Waals surface area contributed by atoms with Crippen LogP contribution in [0.4, 0.5) is 0 Å². The van der Waals surface area contributed by atoms with Crippen molar-refractivity contribution >= 4 is 0 Å². The molecule has 0 heterocycles. The van der Waals surface area contributed by atoms with Gasteiger partial charge in [-0.1, -0.05) is 6.58 Å². The van der Waals surface area contributed by atoms with E-state index in [1.54, 1.807) is 0 Å². The molecule has 3 N–H and O–H groups in total. The van der Waals surface area contributed by atoms with Crippen LogP contribution in [-0.4, -0.2) is 41.7 Å². The molecule has 0 fully saturated rings. The predicted molar refractivity (Wildman–Crippen MR) is 44.5 cm³/mol. The van der Waals surface area contributed by atoms with Crippen molar-refractivity contribution in [2.75, 3.05) is 26.4 Å². The van der Waals surface area contributed by atoms with Gasteiger partial charge in [0, 0.05) is 5.41 Å². The van der Waals surface area contributed by atoms with E-state index in [0.29, 0.717) is 13.0 Å². The molecule has 0 atom stereocenters. The van der Waals surface area contributed by atoms with Gasteiger partial charge in [-0.3, -0.25) is 0 Å². The smallest absolute Gasteiger partial charge is 0.0880 e. The molecular formula is C8H16O4. The Labute approximate surface area is 72.1 Å². The highest BCUT2D eigenvalue weighted by Gasteiger charge is 2.27. The highest BCUT2D eigenvalue weighted by atomic mass is 16.5. The summed E-state index contributed by atoms with van der Waals surface area (Å²) in [5.41, 5.74) is -0.830. The Morgan fingerprint density at radius 1 is 1.17 bits per heavy atom. The molecule has 0 bridgehead atoms. The van der Waals surface area contributed by atoms with E-state index in [1.807, 2.05) is 0 Å². The second-order valence-corrected chi connectivity index (χ2v) is 2.76. The zero-order chi connectivity index (χ0) is 9.45. The lowest BCUT2D eigenvalue weighted by Gasteiger charge is -2.26. The molecule has 0 aliphatic rings. The number of hydrogen-bond donors (Lipinski definition) is 3. The molecule has 0 aliphatic heterocycles. The highest BCUT2D eigenvalue weighted by Crippen LogP contribution is 2.19. The lowest BCUT2D eigenvalue weighted by Crippen LogP contribution is -2.35. The van der Waals surface area contributed by atoms with Crippen LogP contribution >= 0.6 is 0 Å². The van der Waals surface area contributed by atoms with Crippen LogP contribution in [0.3, 0.4) is 0 Å². The summed E-state index contributed by atoms with van der Waals surface area (Å²) >= 11 is 0. The normalized spacial score (nSPS) is 11.2. The van der Waals surface area contributed by atoms with Crippen molar-refractivity contribution in [3.63, 3.8) is 0 Å². The second kappa shape index (κ2) is 5.99. The van der Waals surface area contributed by atoms with Gasteiger partial charge in [0.25, 0.3) is 0 Å². The minimum Gasteiger partial charge on any atom is -0.502 e. The molecule has 72 valence electrons. The average Bonchev–Trinajstić information content (AvgIpc) is 2.14. The Balaban J connectivity index is 3.84. The number of aliphatic hydroxyl groups excluding tert-OH is 3. The molecule has 0 rings (SSSR count). The van der Waals surface area contributed by atoms with Gasteiger partial charge in [0.15, 0.2) is 0 Å². The Kier molecular flexibility index (Phi) is 5.70. The molecule has 0 aromatic carbocycles. The third kappa shape index (κ3) is 3.21. The lowest BCUT2D eigenvalue weighted by molar-refractivity contribution is -0.0124. The topological polar surface area (TPSA) is 69.9 Å². The van der Waals surface area contributed by atoms with Gasteiger partial charge >= 0.3 is 0 Å². The van der Waals surface area contributed by atoms with E-state index in [9.17, 15) is 0 Å². The molecule has 0 saturated heterocycles. The standard InChI is InChI=1S/C8H16O4/c1-2-12-4-3-8(5-9,6-10)7-11/h2,9-11H,1,3-7H2. The fourth-order valence-corrected chi connectivity index (χ4v) is 0.746. The average molecular weight is 176 g/mol. The molecule has 12 heavy (non-hydrogen) atoms. The maximum Gasteiger partial charge on any atom is 0.0880 e. The van der Waals surface area contributed by atoms with E-state index in [2.05, 4.69) is 6.58 Å². The number of aliphatic hydroxyl groups is 3. The van der Waals surface area contributed by atoms with Crippen LogP contribution in [0, 0.1) is 5.41 Å². The summed E-state index contributed by atoms with van der Waals surface area (Å²) in [5, 5.41) is 26.6. The second-order valence-electron chi connectivity index (χ2n) is 2.76. The van der Waals surface area contributed by atoms with Crippen molar-refractivity contribution in [1.29, 1.82) is 0 Å². The van der Waals surface area contributed by atoms with E-state index in [1.165, 1.54) is 6.26 Å². The van der Waals surface area contributed by atoms with Gasteiger partial charge in [-0.05, 0) is 6.42 Å². The molecule has 0 spiro atoms. The van der Waals surface area contributed by atoms with Gasteiger partial charge in [0.05, 0.1) is 32.7 Å². The Morgan fingerprint density at radius 3 is 2.00 bits per heavy atom. The molecule has 4 heteroatoms. The maximum atomic E-state index is 8.87. The van der Waals surface area contributed by atoms with E-state index >= 15 is 0 Å². The largest absolute Gasteiger partial charge is 0.502 e. The minimum atomic E-state index is -0.830.